The summed E-state index contributed by atoms with van der Waals surface area (Å²) >= 11 is 0. The van der Waals surface area contributed by atoms with Crippen molar-refractivity contribution in [2.24, 2.45) is 11.8 Å². The molecule has 2 aromatic rings. The lowest BCUT2D eigenvalue weighted by atomic mass is 9.57. The van der Waals surface area contributed by atoms with Crippen molar-refractivity contribution in [3.63, 3.8) is 0 Å². The van der Waals surface area contributed by atoms with Crippen molar-refractivity contribution in [1.29, 1.82) is 0 Å². The number of carboxylic acids is 1. The first kappa shape index (κ1) is 34.8. The fourth-order valence-corrected chi connectivity index (χ4v) is 7.21. The van der Waals surface area contributed by atoms with Crippen molar-refractivity contribution in [3.8, 4) is 11.5 Å². The van der Waals surface area contributed by atoms with E-state index in [1.807, 2.05) is 13.8 Å². The molecule has 3 rings (SSSR count). The Morgan fingerprint density at radius 2 is 1.65 bits per heavy atom. The zero-order valence-corrected chi connectivity index (χ0v) is 25.0. The molecular weight excluding hydrogens is 595 g/mol. The Hall–Kier alpha value is -2.73. The molecule has 43 heavy (non-hydrogen) atoms. The molecule has 1 aliphatic rings. The molecule has 3 N–H and O–H groups in total. The van der Waals surface area contributed by atoms with E-state index in [4.69, 9.17) is 4.74 Å². The van der Waals surface area contributed by atoms with E-state index in [0.717, 1.165) is 0 Å². The first-order valence-corrected chi connectivity index (χ1v) is 15.8. The van der Waals surface area contributed by atoms with Gasteiger partial charge in [0.05, 0.1) is 11.3 Å². The van der Waals surface area contributed by atoms with Crippen LogP contribution >= 0.6 is 0 Å². The first-order chi connectivity index (χ1) is 20.1. The van der Waals surface area contributed by atoms with Gasteiger partial charge in [-0.3, -0.25) is 9.00 Å². The zero-order chi connectivity index (χ0) is 32.1. The molecule has 0 saturated carbocycles. The number of benzene rings is 2. The molecular formula is C31H39F5O6S. The standard InChI is InChI=1S/C31H39F5O6S/c1-3-22(19-21(27(38)39)9-6-7-17-43(41)18-8-16-29(32,33)31(34,35)36)30(40)25-10-4-5-11-26(25)42-20-28(30,2)23-12-14-24(37)15-13-23/h4-5,10-15,21-22,37,40H,3,6-9,16-20H2,1-2H3,(H,38,39). The van der Waals surface area contributed by atoms with Crippen molar-refractivity contribution in [3.05, 3.63) is 59.7 Å². The highest BCUT2D eigenvalue weighted by Gasteiger charge is 2.58. The summed E-state index contributed by atoms with van der Waals surface area (Å²) in [6, 6.07) is 13.6. The molecule has 12 heteroatoms. The molecule has 1 heterocycles. The van der Waals surface area contributed by atoms with E-state index in [-0.39, 0.29) is 36.7 Å². The van der Waals surface area contributed by atoms with E-state index in [2.05, 4.69) is 0 Å². The molecule has 0 spiro atoms. The van der Waals surface area contributed by atoms with Crippen molar-refractivity contribution < 1.29 is 51.0 Å². The molecule has 2 aromatic carbocycles. The van der Waals surface area contributed by atoms with Crippen LogP contribution in [-0.2, 0) is 26.6 Å². The minimum absolute atomic E-state index is 0.0613. The smallest absolute Gasteiger partial charge is 0.453 e. The largest absolute Gasteiger partial charge is 0.508 e. The van der Waals surface area contributed by atoms with E-state index in [9.17, 15) is 46.3 Å². The van der Waals surface area contributed by atoms with Crippen LogP contribution in [0, 0.1) is 11.8 Å². The topological polar surface area (TPSA) is 104 Å². The van der Waals surface area contributed by atoms with Crippen LogP contribution in [0.4, 0.5) is 22.0 Å². The minimum atomic E-state index is -5.64. The fourth-order valence-electron chi connectivity index (χ4n) is 6.01. The van der Waals surface area contributed by atoms with Crippen LogP contribution in [0.1, 0.15) is 69.9 Å². The van der Waals surface area contributed by atoms with Gasteiger partial charge in [-0.1, -0.05) is 50.1 Å². The van der Waals surface area contributed by atoms with Crippen LogP contribution in [-0.4, -0.2) is 55.7 Å². The number of hydrogen-bond acceptors (Lipinski definition) is 5. The highest BCUT2D eigenvalue weighted by Crippen LogP contribution is 2.55. The average Bonchev–Trinajstić information content (AvgIpc) is 2.94. The van der Waals surface area contributed by atoms with Crippen LogP contribution in [0.2, 0.25) is 0 Å². The second-order valence-corrected chi connectivity index (χ2v) is 13.2. The lowest BCUT2D eigenvalue weighted by molar-refractivity contribution is -0.284. The molecule has 0 fully saturated rings. The van der Waals surface area contributed by atoms with Crippen LogP contribution in [0.3, 0.4) is 0 Å². The zero-order valence-electron chi connectivity index (χ0n) is 24.2. The Morgan fingerprint density at radius 1 is 1.02 bits per heavy atom. The van der Waals surface area contributed by atoms with Gasteiger partial charge in [0.15, 0.2) is 0 Å². The highest BCUT2D eigenvalue weighted by molar-refractivity contribution is 7.84. The third-order valence-electron chi connectivity index (χ3n) is 8.61. The van der Waals surface area contributed by atoms with Crippen LogP contribution in [0.15, 0.2) is 48.5 Å². The lowest BCUT2D eigenvalue weighted by Crippen LogP contribution is -2.58. The third-order valence-corrected chi connectivity index (χ3v) is 10.1. The molecule has 1 aliphatic heterocycles. The van der Waals surface area contributed by atoms with E-state index in [1.54, 1.807) is 36.4 Å². The third kappa shape index (κ3) is 7.68. The fraction of sp³-hybridized carbons (Fsp3) is 0.581. The normalized spacial score (nSPS) is 22.7. The van der Waals surface area contributed by atoms with E-state index in [1.165, 1.54) is 12.1 Å². The molecule has 5 unspecified atom stereocenters. The van der Waals surface area contributed by atoms with Gasteiger partial charge in [-0.2, -0.15) is 22.0 Å². The Morgan fingerprint density at radius 3 is 2.26 bits per heavy atom. The van der Waals surface area contributed by atoms with Gasteiger partial charge >= 0.3 is 18.1 Å². The van der Waals surface area contributed by atoms with Gasteiger partial charge in [0.2, 0.25) is 0 Å². The highest BCUT2D eigenvalue weighted by atomic mass is 32.2. The molecule has 240 valence electrons. The molecule has 0 aromatic heterocycles. The molecule has 0 aliphatic carbocycles. The maximum absolute atomic E-state index is 13.1. The van der Waals surface area contributed by atoms with E-state index in [0.29, 0.717) is 36.1 Å². The van der Waals surface area contributed by atoms with Gasteiger partial charge in [-0.15, -0.1) is 0 Å². The van der Waals surface area contributed by atoms with E-state index >= 15 is 0 Å². The SMILES string of the molecule is CCC(CC(CCCCS(=O)CCCC(F)(F)C(F)(F)F)C(=O)O)C1(O)c2ccccc2OCC1(C)c1ccc(O)cc1. The predicted molar refractivity (Wildman–Crippen MR) is 153 cm³/mol. The lowest BCUT2D eigenvalue weighted by Gasteiger charge is -2.53. The van der Waals surface area contributed by atoms with E-state index < -0.39 is 64.6 Å². The maximum atomic E-state index is 13.1. The number of carbonyl (C=O) groups is 1. The number of phenols is 1. The number of aromatic hydroxyl groups is 1. The first-order valence-electron chi connectivity index (χ1n) is 14.3. The molecule has 0 saturated heterocycles. The number of halogens is 5. The van der Waals surface area contributed by atoms with Gasteiger partial charge in [0.25, 0.3) is 0 Å². The summed E-state index contributed by atoms with van der Waals surface area (Å²) in [5, 5.41) is 32.6. The number of hydrogen-bond donors (Lipinski definition) is 3. The summed E-state index contributed by atoms with van der Waals surface area (Å²) in [5.74, 6) is -6.92. The Kier molecular flexibility index (Phi) is 11.3. The van der Waals surface area contributed by atoms with Crippen LogP contribution < -0.4 is 4.74 Å². The Bertz CT molecular complexity index is 1250. The van der Waals surface area contributed by atoms with Gasteiger partial charge in [-0.05, 0) is 62.3 Å². The molecule has 5 atom stereocenters. The van der Waals surface area contributed by atoms with Gasteiger partial charge in [0, 0.05) is 34.3 Å². The number of unbranched alkanes of at least 4 members (excludes halogenated alkanes) is 1. The number of phenolic OH excluding ortho intramolecular Hbond substituents is 1. The number of ether oxygens (including phenoxy) is 1. The summed E-state index contributed by atoms with van der Waals surface area (Å²) in [4.78, 5) is 12.3. The van der Waals surface area contributed by atoms with Gasteiger partial charge in [-0.25, -0.2) is 0 Å². The number of carboxylic acid groups (broad SMARTS) is 1. The number of rotatable bonds is 15. The number of aliphatic hydroxyl groups is 1. The monoisotopic (exact) mass is 634 g/mol. The van der Waals surface area contributed by atoms with Crippen molar-refractivity contribution in [2.75, 3.05) is 18.1 Å². The second-order valence-electron chi connectivity index (χ2n) is 11.5. The van der Waals surface area contributed by atoms with Crippen molar-refractivity contribution in [1.82, 2.24) is 0 Å². The van der Waals surface area contributed by atoms with Crippen LogP contribution in [0.5, 0.6) is 11.5 Å². The Balaban J connectivity index is 1.71. The molecule has 0 radical (unpaired) electrons. The predicted octanol–water partition coefficient (Wildman–Crippen LogP) is 6.94. The average molecular weight is 635 g/mol. The summed E-state index contributed by atoms with van der Waals surface area (Å²) in [5.41, 5.74) is -1.29. The van der Waals surface area contributed by atoms with Crippen molar-refractivity contribution >= 4 is 16.8 Å². The quantitative estimate of drug-likeness (QED) is 0.145. The summed E-state index contributed by atoms with van der Waals surface area (Å²) < 4.78 is 81.4. The summed E-state index contributed by atoms with van der Waals surface area (Å²) in [6.07, 6.45) is -6.17. The maximum Gasteiger partial charge on any atom is 0.453 e. The number of fused-ring (bicyclic) bond motifs is 1. The number of para-hydroxylation sites is 1. The van der Waals surface area contributed by atoms with Gasteiger partial charge in [0.1, 0.15) is 23.7 Å². The van der Waals surface area contributed by atoms with Crippen molar-refractivity contribution in [2.45, 2.75) is 81.9 Å². The molecule has 6 nitrogen and oxygen atoms in total. The second kappa shape index (κ2) is 13.9. The molecule has 0 amide bonds. The number of alkyl halides is 5. The molecule has 0 bridgehead atoms. The summed E-state index contributed by atoms with van der Waals surface area (Å²) in [7, 11) is -1.61. The minimum Gasteiger partial charge on any atom is -0.508 e. The summed E-state index contributed by atoms with van der Waals surface area (Å²) in [6.45, 7) is 3.84. The Labute approximate surface area is 250 Å². The van der Waals surface area contributed by atoms with Crippen LogP contribution in [0.25, 0.3) is 0 Å². The van der Waals surface area contributed by atoms with Gasteiger partial charge < -0.3 is 20.1 Å². The number of aliphatic carboxylic acids is 1.